The Morgan fingerprint density at radius 2 is 1.95 bits per heavy atom. The van der Waals surface area contributed by atoms with Crippen LogP contribution in [0.15, 0.2) is 22.7 Å². The van der Waals surface area contributed by atoms with E-state index in [2.05, 4.69) is 21.2 Å². The number of amides is 2. The van der Waals surface area contributed by atoms with Crippen molar-refractivity contribution in [3.63, 3.8) is 0 Å². The van der Waals surface area contributed by atoms with Gasteiger partial charge in [-0.3, -0.25) is 14.5 Å². The lowest BCUT2D eigenvalue weighted by molar-refractivity contribution is -0.122. The van der Waals surface area contributed by atoms with Crippen LogP contribution >= 0.6 is 15.9 Å². The summed E-state index contributed by atoms with van der Waals surface area (Å²) in [6.45, 7) is 2.78. The van der Waals surface area contributed by atoms with Gasteiger partial charge in [0, 0.05) is 38.8 Å². The molecule has 0 radical (unpaired) electrons. The predicted octanol–water partition coefficient (Wildman–Crippen LogP) is 1.09. The highest BCUT2D eigenvalue weighted by Gasteiger charge is 2.23. The lowest BCUT2D eigenvalue weighted by atomic mass is 10.1. The van der Waals surface area contributed by atoms with Crippen LogP contribution in [-0.4, -0.2) is 61.4 Å². The van der Waals surface area contributed by atoms with Gasteiger partial charge in [0.05, 0.1) is 11.0 Å². The van der Waals surface area contributed by atoms with Crippen LogP contribution in [0.25, 0.3) is 0 Å². The van der Waals surface area contributed by atoms with Crippen molar-refractivity contribution in [1.29, 1.82) is 0 Å². The maximum absolute atomic E-state index is 13.2. The van der Waals surface area contributed by atoms with Crippen LogP contribution < -0.4 is 5.32 Å². The summed E-state index contributed by atoms with van der Waals surface area (Å²) in [6.07, 6.45) is 0. The number of halogens is 2. The smallest absolute Gasteiger partial charge is 0.253 e. The Kier molecular flexibility index (Phi) is 5.30. The van der Waals surface area contributed by atoms with Gasteiger partial charge in [-0.25, -0.2) is 4.39 Å². The van der Waals surface area contributed by atoms with Crippen LogP contribution in [0.2, 0.25) is 0 Å². The van der Waals surface area contributed by atoms with Gasteiger partial charge in [-0.05, 0) is 34.1 Å². The molecule has 0 atom stereocenters. The first-order chi connectivity index (χ1) is 10.0. The van der Waals surface area contributed by atoms with Crippen molar-refractivity contribution in [2.45, 2.75) is 0 Å². The molecule has 0 spiro atoms. The molecule has 5 nitrogen and oxygen atoms in total. The molecule has 2 rings (SSSR count). The molecule has 114 valence electrons. The summed E-state index contributed by atoms with van der Waals surface area (Å²) in [5, 5.41) is 2.58. The predicted molar refractivity (Wildman–Crippen MR) is 80.5 cm³/mol. The summed E-state index contributed by atoms with van der Waals surface area (Å²) >= 11 is 3.08. The fourth-order valence-electron chi connectivity index (χ4n) is 2.20. The first kappa shape index (κ1) is 15.9. The average Bonchev–Trinajstić information content (AvgIpc) is 2.50. The molecule has 1 fully saturated rings. The number of piperazine rings is 1. The number of hydrogen-bond donors (Lipinski definition) is 1. The SMILES string of the molecule is CNC(=O)CN1CCN(C(=O)c2ccc(F)c(Br)c2)CC1. The third-order valence-corrected chi connectivity index (χ3v) is 4.08. The molecular formula is C14H17BrFN3O2. The molecule has 0 aliphatic carbocycles. The topological polar surface area (TPSA) is 52.7 Å². The maximum atomic E-state index is 13.2. The summed E-state index contributed by atoms with van der Waals surface area (Å²) < 4.78 is 13.5. The molecular weight excluding hydrogens is 341 g/mol. The van der Waals surface area contributed by atoms with Gasteiger partial charge in [0.15, 0.2) is 0 Å². The monoisotopic (exact) mass is 357 g/mol. The first-order valence-electron chi connectivity index (χ1n) is 6.68. The van der Waals surface area contributed by atoms with E-state index in [0.29, 0.717) is 38.3 Å². The first-order valence-corrected chi connectivity index (χ1v) is 7.48. The number of hydrogen-bond acceptors (Lipinski definition) is 3. The van der Waals surface area contributed by atoms with Crippen molar-refractivity contribution in [1.82, 2.24) is 15.1 Å². The molecule has 2 amide bonds. The minimum atomic E-state index is -0.387. The quantitative estimate of drug-likeness (QED) is 0.880. The Bertz CT molecular complexity index is 545. The van der Waals surface area contributed by atoms with Crippen molar-refractivity contribution in [2.24, 2.45) is 0 Å². The van der Waals surface area contributed by atoms with E-state index in [4.69, 9.17) is 0 Å². The second-order valence-electron chi connectivity index (χ2n) is 4.87. The van der Waals surface area contributed by atoms with Crippen molar-refractivity contribution < 1.29 is 14.0 Å². The Morgan fingerprint density at radius 3 is 2.52 bits per heavy atom. The van der Waals surface area contributed by atoms with Crippen molar-refractivity contribution in [2.75, 3.05) is 39.8 Å². The Morgan fingerprint density at radius 1 is 1.29 bits per heavy atom. The number of nitrogens with zero attached hydrogens (tertiary/aromatic N) is 2. The third-order valence-electron chi connectivity index (χ3n) is 3.47. The van der Waals surface area contributed by atoms with Crippen molar-refractivity contribution >= 4 is 27.7 Å². The molecule has 21 heavy (non-hydrogen) atoms. The molecule has 1 aromatic carbocycles. The molecule has 0 aromatic heterocycles. The van der Waals surface area contributed by atoms with E-state index in [1.165, 1.54) is 18.2 Å². The molecule has 1 heterocycles. The van der Waals surface area contributed by atoms with Crippen LogP contribution in [0.3, 0.4) is 0 Å². The number of nitrogens with one attached hydrogen (secondary N) is 1. The fraction of sp³-hybridized carbons (Fsp3) is 0.429. The van der Waals surface area contributed by atoms with E-state index in [1.807, 2.05) is 4.90 Å². The lowest BCUT2D eigenvalue weighted by Crippen LogP contribution is -2.50. The van der Waals surface area contributed by atoms with Gasteiger partial charge in [0.2, 0.25) is 5.91 Å². The van der Waals surface area contributed by atoms with Crippen LogP contribution in [0.1, 0.15) is 10.4 Å². The zero-order valence-electron chi connectivity index (χ0n) is 11.7. The normalized spacial score (nSPS) is 15.9. The van der Waals surface area contributed by atoms with E-state index in [9.17, 15) is 14.0 Å². The summed E-state index contributed by atoms with van der Waals surface area (Å²) in [5.41, 5.74) is 0.461. The third kappa shape index (κ3) is 4.01. The molecule has 1 saturated heterocycles. The number of carbonyl (C=O) groups excluding carboxylic acids is 2. The molecule has 0 unspecified atom stereocenters. The zero-order chi connectivity index (χ0) is 15.4. The Labute approximate surface area is 131 Å². The molecule has 1 aliphatic heterocycles. The molecule has 0 saturated carbocycles. The fourth-order valence-corrected chi connectivity index (χ4v) is 2.58. The summed E-state index contributed by atoms with van der Waals surface area (Å²) in [7, 11) is 1.61. The van der Waals surface area contributed by atoms with Gasteiger partial charge in [0.25, 0.3) is 5.91 Å². The number of benzene rings is 1. The van der Waals surface area contributed by atoms with Crippen LogP contribution in [-0.2, 0) is 4.79 Å². The number of carbonyl (C=O) groups is 2. The van der Waals surface area contributed by atoms with Gasteiger partial charge < -0.3 is 10.2 Å². The van der Waals surface area contributed by atoms with Crippen molar-refractivity contribution in [3.05, 3.63) is 34.1 Å². The van der Waals surface area contributed by atoms with Gasteiger partial charge in [-0.2, -0.15) is 0 Å². The largest absolute Gasteiger partial charge is 0.358 e. The van der Waals surface area contributed by atoms with E-state index in [0.717, 1.165) is 0 Å². The number of likely N-dealkylation sites (N-methyl/N-ethyl adjacent to an activating group) is 1. The minimum Gasteiger partial charge on any atom is -0.358 e. The lowest BCUT2D eigenvalue weighted by Gasteiger charge is -2.34. The van der Waals surface area contributed by atoms with Gasteiger partial charge in [-0.1, -0.05) is 0 Å². The van der Waals surface area contributed by atoms with Crippen LogP contribution in [0.5, 0.6) is 0 Å². The second kappa shape index (κ2) is 7.00. The minimum absolute atomic E-state index is 0.0303. The maximum Gasteiger partial charge on any atom is 0.253 e. The summed E-state index contributed by atoms with van der Waals surface area (Å²) in [6, 6.07) is 4.26. The number of rotatable bonds is 3. The van der Waals surface area contributed by atoms with E-state index in [-0.39, 0.29) is 22.1 Å². The van der Waals surface area contributed by atoms with Gasteiger partial charge in [0.1, 0.15) is 5.82 Å². The summed E-state index contributed by atoms with van der Waals surface area (Å²) in [5.74, 6) is -0.533. The summed E-state index contributed by atoms with van der Waals surface area (Å²) in [4.78, 5) is 27.4. The van der Waals surface area contributed by atoms with E-state index < -0.39 is 0 Å². The zero-order valence-corrected chi connectivity index (χ0v) is 13.3. The highest BCUT2D eigenvalue weighted by molar-refractivity contribution is 9.10. The van der Waals surface area contributed by atoms with E-state index >= 15 is 0 Å². The van der Waals surface area contributed by atoms with Crippen molar-refractivity contribution in [3.8, 4) is 0 Å². The highest BCUT2D eigenvalue weighted by atomic mass is 79.9. The van der Waals surface area contributed by atoms with E-state index in [1.54, 1.807) is 11.9 Å². The van der Waals surface area contributed by atoms with Gasteiger partial charge >= 0.3 is 0 Å². The average molecular weight is 358 g/mol. The second-order valence-corrected chi connectivity index (χ2v) is 5.72. The van der Waals surface area contributed by atoms with Gasteiger partial charge in [-0.15, -0.1) is 0 Å². The molecule has 0 bridgehead atoms. The van der Waals surface area contributed by atoms with Crippen LogP contribution in [0.4, 0.5) is 4.39 Å². The molecule has 1 aliphatic rings. The molecule has 7 heteroatoms. The molecule has 1 N–H and O–H groups in total. The van der Waals surface area contributed by atoms with Crippen LogP contribution in [0, 0.1) is 5.82 Å². The highest BCUT2D eigenvalue weighted by Crippen LogP contribution is 2.18. The Hall–Kier alpha value is -1.47. The Balaban J connectivity index is 1.93. The standard InChI is InChI=1S/C14H17BrFN3O2/c1-17-13(20)9-18-4-6-19(7-5-18)14(21)10-2-3-12(16)11(15)8-10/h2-3,8H,4-7,9H2,1H3,(H,17,20). The molecule has 1 aromatic rings.